The molecule has 2 heterocycles. The van der Waals surface area contributed by atoms with E-state index in [0.717, 1.165) is 41.8 Å². The van der Waals surface area contributed by atoms with E-state index in [1.807, 2.05) is 24.3 Å². The largest absolute Gasteiger partial charge is 0.378 e. The molecule has 1 atom stereocenters. The van der Waals surface area contributed by atoms with Gasteiger partial charge in [0, 0.05) is 30.1 Å². The number of rotatable bonds is 4. The summed E-state index contributed by atoms with van der Waals surface area (Å²) in [7, 11) is 0. The maximum absolute atomic E-state index is 14.0. The van der Waals surface area contributed by atoms with E-state index < -0.39 is 11.1 Å². The molecule has 2 amide bonds. The number of benzene rings is 2. The van der Waals surface area contributed by atoms with E-state index in [2.05, 4.69) is 4.90 Å². The second kappa shape index (κ2) is 7.70. The van der Waals surface area contributed by atoms with Crippen molar-refractivity contribution in [3.05, 3.63) is 54.3 Å². The van der Waals surface area contributed by atoms with Crippen LogP contribution in [-0.4, -0.2) is 43.4 Å². The number of anilines is 2. The Bertz CT molecular complexity index is 853. The number of nitrogens with zero attached hydrogens (tertiary/aromatic N) is 2. The number of carbonyl (C=O) groups is 2. The molecule has 140 valence electrons. The zero-order valence-electron chi connectivity index (χ0n) is 14.6. The third-order valence-electron chi connectivity index (χ3n) is 4.69. The third kappa shape index (κ3) is 3.70. The minimum atomic E-state index is -0.570. The van der Waals surface area contributed by atoms with Gasteiger partial charge in [0.15, 0.2) is 0 Å². The standard InChI is InChI=1S/C20H19FN2O3S/c21-16-3-1-2-4-17(16)23-19(24)13-18(20(23)25)27-15-7-5-14(6-8-15)22-9-11-26-12-10-22/h1-8,18H,9-13H2. The van der Waals surface area contributed by atoms with Crippen molar-refractivity contribution in [2.45, 2.75) is 16.6 Å². The molecule has 0 bridgehead atoms. The summed E-state index contributed by atoms with van der Waals surface area (Å²) in [5.41, 5.74) is 1.14. The highest BCUT2D eigenvalue weighted by molar-refractivity contribution is 8.00. The van der Waals surface area contributed by atoms with E-state index in [0.29, 0.717) is 0 Å². The van der Waals surface area contributed by atoms with Gasteiger partial charge in [-0.05, 0) is 36.4 Å². The Morgan fingerprint density at radius 3 is 2.41 bits per heavy atom. The van der Waals surface area contributed by atoms with E-state index >= 15 is 0 Å². The molecule has 7 heteroatoms. The topological polar surface area (TPSA) is 49.9 Å². The van der Waals surface area contributed by atoms with Crippen molar-refractivity contribution in [1.29, 1.82) is 0 Å². The van der Waals surface area contributed by atoms with E-state index in [1.165, 1.54) is 30.0 Å². The van der Waals surface area contributed by atoms with Crippen molar-refractivity contribution in [1.82, 2.24) is 0 Å². The van der Waals surface area contributed by atoms with Crippen LogP contribution in [0.2, 0.25) is 0 Å². The van der Waals surface area contributed by atoms with Gasteiger partial charge in [-0.15, -0.1) is 11.8 Å². The minimum Gasteiger partial charge on any atom is -0.378 e. The fourth-order valence-electron chi connectivity index (χ4n) is 3.30. The van der Waals surface area contributed by atoms with Gasteiger partial charge in [-0.25, -0.2) is 9.29 Å². The minimum absolute atomic E-state index is 0.0262. The number of morpholine rings is 1. The van der Waals surface area contributed by atoms with Crippen LogP contribution in [0.5, 0.6) is 0 Å². The molecule has 1 unspecified atom stereocenters. The Labute approximate surface area is 161 Å². The smallest absolute Gasteiger partial charge is 0.247 e. The van der Waals surface area contributed by atoms with E-state index in [4.69, 9.17) is 4.74 Å². The van der Waals surface area contributed by atoms with Crippen molar-refractivity contribution in [2.75, 3.05) is 36.1 Å². The number of hydrogen-bond donors (Lipinski definition) is 0. The molecule has 2 saturated heterocycles. The molecular formula is C20H19FN2O3S. The molecule has 2 aliphatic rings. The summed E-state index contributed by atoms with van der Waals surface area (Å²) in [5, 5.41) is -0.536. The van der Waals surface area contributed by atoms with Crippen LogP contribution in [0.3, 0.4) is 0 Å². The maximum Gasteiger partial charge on any atom is 0.247 e. The first-order valence-corrected chi connectivity index (χ1v) is 9.72. The van der Waals surface area contributed by atoms with Crippen molar-refractivity contribution in [2.24, 2.45) is 0 Å². The predicted octanol–water partition coefficient (Wildman–Crippen LogP) is 3.09. The van der Waals surface area contributed by atoms with Gasteiger partial charge in [0.2, 0.25) is 11.8 Å². The van der Waals surface area contributed by atoms with Crippen LogP contribution < -0.4 is 9.80 Å². The number of halogens is 1. The lowest BCUT2D eigenvalue weighted by atomic mass is 10.2. The highest BCUT2D eigenvalue weighted by atomic mass is 32.2. The van der Waals surface area contributed by atoms with Gasteiger partial charge >= 0.3 is 0 Å². The molecule has 4 rings (SSSR count). The number of ether oxygens (including phenoxy) is 1. The molecule has 0 aliphatic carbocycles. The molecule has 0 aromatic heterocycles. The molecule has 2 aromatic carbocycles. The van der Waals surface area contributed by atoms with E-state index in [1.54, 1.807) is 6.07 Å². The van der Waals surface area contributed by atoms with Crippen LogP contribution in [0.4, 0.5) is 15.8 Å². The Hall–Kier alpha value is -2.38. The Morgan fingerprint density at radius 2 is 1.70 bits per heavy atom. The summed E-state index contributed by atoms with van der Waals surface area (Å²) < 4.78 is 19.4. The number of imide groups is 1. The van der Waals surface area contributed by atoms with Gasteiger partial charge in [-0.1, -0.05) is 12.1 Å². The van der Waals surface area contributed by atoms with Crippen molar-refractivity contribution >= 4 is 35.0 Å². The number of thioether (sulfide) groups is 1. The first kappa shape index (κ1) is 18.0. The normalized spacial score (nSPS) is 20.4. The predicted molar refractivity (Wildman–Crippen MR) is 103 cm³/mol. The number of carbonyl (C=O) groups excluding carboxylic acids is 2. The summed E-state index contributed by atoms with van der Waals surface area (Å²) >= 11 is 1.34. The Morgan fingerprint density at radius 1 is 1.00 bits per heavy atom. The highest BCUT2D eigenvalue weighted by Gasteiger charge is 2.41. The molecule has 2 fully saturated rings. The molecule has 2 aliphatic heterocycles. The first-order valence-electron chi connectivity index (χ1n) is 8.84. The average Bonchev–Trinajstić information content (AvgIpc) is 2.97. The van der Waals surface area contributed by atoms with Crippen LogP contribution in [0, 0.1) is 5.82 Å². The summed E-state index contributed by atoms with van der Waals surface area (Å²) in [4.78, 5) is 29.1. The average molecular weight is 386 g/mol. The second-order valence-electron chi connectivity index (χ2n) is 6.42. The van der Waals surface area contributed by atoms with Crippen LogP contribution in [0.1, 0.15) is 6.42 Å². The van der Waals surface area contributed by atoms with Crippen LogP contribution >= 0.6 is 11.8 Å². The maximum atomic E-state index is 14.0. The zero-order valence-corrected chi connectivity index (χ0v) is 15.5. The molecule has 0 radical (unpaired) electrons. The summed E-state index contributed by atoms with van der Waals surface area (Å²) in [6, 6.07) is 13.8. The van der Waals surface area contributed by atoms with Crippen LogP contribution in [0.15, 0.2) is 53.4 Å². The second-order valence-corrected chi connectivity index (χ2v) is 7.70. The Balaban J connectivity index is 1.46. The monoisotopic (exact) mass is 386 g/mol. The van der Waals surface area contributed by atoms with Crippen LogP contribution in [-0.2, 0) is 14.3 Å². The third-order valence-corrected chi connectivity index (χ3v) is 5.89. The molecule has 0 saturated carbocycles. The molecule has 5 nitrogen and oxygen atoms in total. The molecular weight excluding hydrogens is 367 g/mol. The SMILES string of the molecule is O=C1CC(Sc2ccc(N3CCOCC3)cc2)C(=O)N1c1ccccc1F. The molecule has 27 heavy (non-hydrogen) atoms. The highest BCUT2D eigenvalue weighted by Crippen LogP contribution is 2.35. The first-order chi connectivity index (χ1) is 13.1. The fourth-order valence-corrected chi connectivity index (χ4v) is 4.36. The van der Waals surface area contributed by atoms with Crippen molar-refractivity contribution < 1.29 is 18.7 Å². The molecule has 0 N–H and O–H groups in total. The molecule has 2 aromatic rings. The van der Waals surface area contributed by atoms with E-state index in [-0.39, 0.29) is 23.9 Å². The summed E-state index contributed by atoms with van der Waals surface area (Å²) in [6.45, 7) is 3.17. The van der Waals surface area contributed by atoms with E-state index in [9.17, 15) is 14.0 Å². The molecule has 0 spiro atoms. The van der Waals surface area contributed by atoms with Gasteiger partial charge in [0.05, 0.1) is 24.2 Å². The van der Waals surface area contributed by atoms with Crippen LogP contribution in [0.25, 0.3) is 0 Å². The van der Waals surface area contributed by atoms with Crippen molar-refractivity contribution in [3.63, 3.8) is 0 Å². The lowest BCUT2D eigenvalue weighted by Gasteiger charge is -2.28. The quantitative estimate of drug-likeness (QED) is 0.756. The van der Waals surface area contributed by atoms with Gasteiger partial charge in [-0.3, -0.25) is 9.59 Å². The Kier molecular flexibility index (Phi) is 5.13. The summed E-state index contributed by atoms with van der Waals surface area (Å²) in [6.07, 6.45) is 0.0725. The number of hydrogen-bond acceptors (Lipinski definition) is 5. The van der Waals surface area contributed by atoms with Gasteiger partial charge < -0.3 is 9.64 Å². The van der Waals surface area contributed by atoms with Gasteiger partial charge in [0.25, 0.3) is 0 Å². The lowest BCUT2D eigenvalue weighted by Crippen LogP contribution is -2.36. The van der Waals surface area contributed by atoms with Crippen molar-refractivity contribution in [3.8, 4) is 0 Å². The zero-order chi connectivity index (χ0) is 18.8. The number of para-hydroxylation sites is 1. The van der Waals surface area contributed by atoms with Gasteiger partial charge in [0.1, 0.15) is 5.82 Å². The fraction of sp³-hybridized carbons (Fsp3) is 0.300. The summed E-state index contributed by atoms with van der Waals surface area (Å²) in [5.74, 6) is -1.31. The van der Waals surface area contributed by atoms with Gasteiger partial charge in [-0.2, -0.15) is 0 Å². The lowest BCUT2D eigenvalue weighted by molar-refractivity contribution is -0.121. The number of amides is 2.